The molecule has 1 aromatic rings. The lowest BCUT2D eigenvalue weighted by atomic mass is 10.3. The molecule has 0 amide bonds. The SMILES string of the molecule is CN(CCNc1cccc(F)c1)CCN1CCCC1. The Balaban J connectivity index is 1.59. The Bertz CT molecular complexity index is 377. The van der Waals surface area contributed by atoms with E-state index in [0.29, 0.717) is 0 Å². The van der Waals surface area contributed by atoms with Crippen molar-refractivity contribution in [3.8, 4) is 0 Å². The Hall–Kier alpha value is -1.13. The summed E-state index contributed by atoms with van der Waals surface area (Å²) in [6, 6.07) is 6.62. The first kappa shape index (κ1) is 14.3. The molecule has 1 N–H and O–H groups in total. The van der Waals surface area contributed by atoms with Gasteiger partial charge in [-0.2, -0.15) is 0 Å². The van der Waals surface area contributed by atoms with Crippen LogP contribution >= 0.6 is 0 Å². The van der Waals surface area contributed by atoms with Gasteiger partial charge in [-0.25, -0.2) is 4.39 Å². The standard InChI is InChI=1S/C15H24FN3/c1-18(11-12-19-8-2-3-9-19)10-7-17-15-6-4-5-14(16)13-15/h4-6,13,17H,2-3,7-12H2,1H3. The minimum absolute atomic E-state index is 0.188. The molecular formula is C15H24FN3. The second-order valence-corrected chi connectivity index (χ2v) is 5.29. The van der Waals surface area contributed by atoms with Gasteiger partial charge in [0.2, 0.25) is 0 Å². The van der Waals surface area contributed by atoms with Crippen LogP contribution in [0.5, 0.6) is 0 Å². The molecule has 1 heterocycles. The quantitative estimate of drug-likeness (QED) is 0.816. The summed E-state index contributed by atoms with van der Waals surface area (Å²) >= 11 is 0. The molecule has 0 unspecified atom stereocenters. The number of nitrogens with zero attached hydrogens (tertiary/aromatic N) is 2. The van der Waals surface area contributed by atoms with Crippen molar-refractivity contribution in [2.75, 3.05) is 51.6 Å². The molecule has 1 aliphatic heterocycles. The predicted molar refractivity (Wildman–Crippen MR) is 78.1 cm³/mol. The number of halogens is 1. The normalized spacial score (nSPS) is 16.2. The van der Waals surface area contributed by atoms with Crippen molar-refractivity contribution >= 4 is 5.69 Å². The van der Waals surface area contributed by atoms with Crippen LogP contribution in [0.1, 0.15) is 12.8 Å². The van der Waals surface area contributed by atoms with Crippen molar-refractivity contribution in [1.29, 1.82) is 0 Å². The highest BCUT2D eigenvalue weighted by atomic mass is 19.1. The van der Waals surface area contributed by atoms with E-state index in [1.54, 1.807) is 6.07 Å². The van der Waals surface area contributed by atoms with Crippen molar-refractivity contribution < 1.29 is 4.39 Å². The van der Waals surface area contributed by atoms with Crippen molar-refractivity contribution in [1.82, 2.24) is 9.80 Å². The second-order valence-electron chi connectivity index (χ2n) is 5.29. The number of likely N-dealkylation sites (tertiary alicyclic amines) is 1. The zero-order chi connectivity index (χ0) is 13.5. The van der Waals surface area contributed by atoms with Crippen LogP contribution in [0.15, 0.2) is 24.3 Å². The van der Waals surface area contributed by atoms with E-state index in [0.717, 1.165) is 31.9 Å². The number of nitrogens with one attached hydrogen (secondary N) is 1. The lowest BCUT2D eigenvalue weighted by Crippen LogP contribution is -2.33. The molecule has 1 saturated heterocycles. The molecule has 1 fully saturated rings. The van der Waals surface area contributed by atoms with E-state index in [4.69, 9.17) is 0 Å². The molecule has 0 saturated carbocycles. The summed E-state index contributed by atoms with van der Waals surface area (Å²) < 4.78 is 13.0. The smallest absolute Gasteiger partial charge is 0.125 e. The number of likely N-dealkylation sites (N-methyl/N-ethyl adjacent to an activating group) is 1. The molecule has 0 aromatic heterocycles. The van der Waals surface area contributed by atoms with Gasteiger partial charge in [-0.1, -0.05) is 6.07 Å². The maximum absolute atomic E-state index is 13.0. The molecule has 3 nitrogen and oxygen atoms in total. The maximum atomic E-state index is 13.0. The number of rotatable bonds is 7. The summed E-state index contributed by atoms with van der Waals surface area (Å²) in [5.41, 5.74) is 0.855. The molecule has 0 atom stereocenters. The van der Waals surface area contributed by atoms with E-state index in [1.807, 2.05) is 6.07 Å². The second kappa shape index (κ2) is 7.46. The molecule has 1 aromatic carbocycles. The fraction of sp³-hybridized carbons (Fsp3) is 0.600. The third-order valence-electron chi connectivity index (χ3n) is 3.64. The fourth-order valence-electron chi connectivity index (χ4n) is 2.42. The third-order valence-corrected chi connectivity index (χ3v) is 3.64. The van der Waals surface area contributed by atoms with Gasteiger partial charge in [0.1, 0.15) is 5.82 Å². The van der Waals surface area contributed by atoms with E-state index in [9.17, 15) is 4.39 Å². The van der Waals surface area contributed by atoms with E-state index in [2.05, 4.69) is 22.2 Å². The van der Waals surface area contributed by atoms with Gasteiger partial charge >= 0.3 is 0 Å². The van der Waals surface area contributed by atoms with Gasteiger partial charge in [-0.3, -0.25) is 0 Å². The maximum Gasteiger partial charge on any atom is 0.125 e. The summed E-state index contributed by atoms with van der Waals surface area (Å²) in [6.07, 6.45) is 2.70. The average molecular weight is 265 g/mol. The lowest BCUT2D eigenvalue weighted by molar-refractivity contribution is 0.262. The number of benzene rings is 1. The minimum atomic E-state index is -0.188. The van der Waals surface area contributed by atoms with Crippen LogP contribution in [0.3, 0.4) is 0 Å². The topological polar surface area (TPSA) is 18.5 Å². The largest absolute Gasteiger partial charge is 0.384 e. The molecule has 0 aliphatic carbocycles. The predicted octanol–water partition coefficient (Wildman–Crippen LogP) is 2.27. The summed E-state index contributed by atoms with van der Waals surface area (Å²) in [6.45, 7) is 6.61. The fourth-order valence-corrected chi connectivity index (χ4v) is 2.42. The van der Waals surface area contributed by atoms with Crippen LogP contribution in [0.4, 0.5) is 10.1 Å². The van der Waals surface area contributed by atoms with Crippen molar-refractivity contribution in [2.24, 2.45) is 0 Å². The van der Waals surface area contributed by atoms with Gasteiger partial charge in [-0.15, -0.1) is 0 Å². The van der Waals surface area contributed by atoms with Crippen LogP contribution in [-0.4, -0.2) is 56.1 Å². The van der Waals surface area contributed by atoms with E-state index in [1.165, 1.54) is 38.1 Å². The average Bonchev–Trinajstić information content (AvgIpc) is 2.89. The van der Waals surface area contributed by atoms with E-state index >= 15 is 0 Å². The number of hydrogen-bond acceptors (Lipinski definition) is 3. The van der Waals surface area contributed by atoms with Gasteiger partial charge < -0.3 is 15.1 Å². The highest BCUT2D eigenvalue weighted by molar-refractivity contribution is 5.42. The number of anilines is 1. The molecule has 106 valence electrons. The lowest BCUT2D eigenvalue weighted by Gasteiger charge is -2.21. The first-order valence-corrected chi connectivity index (χ1v) is 7.14. The summed E-state index contributed by atoms with van der Waals surface area (Å²) in [4.78, 5) is 4.85. The highest BCUT2D eigenvalue weighted by Gasteiger charge is 2.11. The Labute approximate surface area is 115 Å². The van der Waals surface area contributed by atoms with Crippen molar-refractivity contribution in [2.45, 2.75) is 12.8 Å². The first-order valence-electron chi connectivity index (χ1n) is 7.14. The van der Waals surface area contributed by atoms with Crippen LogP contribution < -0.4 is 5.32 Å². The van der Waals surface area contributed by atoms with Gasteiger partial charge in [-0.05, 0) is 51.2 Å². The molecule has 0 bridgehead atoms. The molecule has 0 spiro atoms. The monoisotopic (exact) mass is 265 g/mol. The first-order chi connectivity index (χ1) is 9.24. The summed E-state index contributed by atoms with van der Waals surface area (Å²) in [7, 11) is 2.14. The molecule has 1 aliphatic rings. The number of hydrogen-bond donors (Lipinski definition) is 1. The van der Waals surface area contributed by atoms with Gasteiger partial charge in [0, 0.05) is 31.9 Å². The van der Waals surface area contributed by atoms with Gasteiger partial charge in [0.15, 0.2) is 0 Å². The zero-order valence-corrected chi connectivity index (χ0v) is 11.7. The van der Waals surface area contributed by atoms with Crippen LogP contribution in [0.2, 0.25) is 0 Å². The Kier molecular flexibility index (Phi) is 5.61. The molecule has 19 heavy (non-hydrogen) atoms. The molecule has 0 radical (unpaired) electrons. The Morgan fingerprint density at radius 3 is 2.79 bits per heavy atom. The summed E-state index contributed by atoms with van der Waals surface area (Å²) in [5.74, 6) is -0.188. The van der Waals surface area contributed by atoms with Gasteiger partial charge in [0.25, 0.3) is 0 Å². The Morgan fingerprint density at radius 2 is 2.05 bits per heavy atom. The molecular weight excluding hydrogens is 241 g/mol. The van der Waals surface area contributed by atoms with Crippen LogP contribution in [-0.2, 0) is 0 Å². The van der Waals surface area contributed by atoms with Crippen LogP contribution in [0, 0.1) is 5.82 Å². The van der Waals surface area contributed by atoms with E-state index in [-0.39, 0.29) is 5.82 Å². The third kappa shape index (κ3) is 5.17. The summed E-state index contributed by atoms with van der Waals surface area (Å²) in [5, 5.41) is 3.25. The van der Waals surface area contributed by atoms with Crippen molar-refractivity contribution in [3.05, 3.63) is 30.1 Å². The van der Waals surface area contributed by atoms with Crippen molar-refractivity contribution in [3.63, 3.8) is 0 Å². The molecule has 4 heteroatoms. The van der Waals surface area contributed by atoms with E-state index < -0.39 is 0 Å². The van der Waals surface area contributed by atoms with Crippen LogP contribution in [0.25, 0.3) is 0 Å². The zero-order valence-electron chi connectivity index (χ0n) is 11.7. The Morgan fingerprint density at radius 1 is 1.26 bits per heavy atom. The highest BCUT2D eigenvalue weighted by Crippen LogP contribution is 2.08. The molecule has 2 rings (SSSR count). The van der Waals surface area contributed by atoms with Gasteiger partial charge in [0.05, 0.1) is 0 Å². The minimum Gasteiger partial charge on any atom is -0.384 e.